The summed E-state index contributed by atoms with van der Waals surface area (Å²) in [6.07, 6.45) is 2.23. The van der Waals surface area contributed by atoms with E-state index in [1.807, 2.05) is 42.5 Å². The minimum Gasteiger partial charge on any atom is -0.390 e. The standard InChI is InChI=1S/C21H25N3O2/c25-19-13-15-7-4-5-11-18(15)20(19)23-21(26)22-14-17-10-6-12-24(17)16-8-2-1-3-9-16/h1-5,7-9,11,17,19-20,25H,6,10,12-14H2,(H2,22,23,26)/t17?,19-,20-/m0/s1. The molecule has 3 atom stereocenters. The van der Waals surface area contributed by atoms with Gasteiger partial charge in [-0.3, -0.25) is 0 Å². The molecule has 4 rings (SSSR count). The van der Waals surface area contributed by atoms with Crippen LogP contribution in [-0.2, 0) is 6.42 Å². The van der Waals surface area contributed by atoms with Gasteiger partial charge in [-0.25, -0.2) is 4.79 Å². The average molecular weight is 351 g/mol. The number of nitrogens with zero attached hydrogens (tertiary/aromatic N) is 1. The highest BCUT2D eigenvalue weighted by Crippen LogP contribution is 2.31. The third kappa shape index (κ3) is 3.40. The van der Waals surface area contributed by atoms with Crippen molar-refractivity contribution < 1.29 is 9.90 Å². The number of anilines is 1. The lowest BCUT2D eigenvalue weighted by molar-refractivity contribution is 0.142. The molecule has 0 spiro atoms. The summed E-state index contributed by atoms with van der Waals surface area (Å²) < 4.78 is 0. The molecule has 1 aliphatic carbocycles. The van der Waals surface area contributed by atoms with Crippen molar-refractivity contribution in [3.8, 4) is 0 Å². The van der Waals surface area contributed by atoms with Crippen LogP contribution in [-0.4, -0.2) is 36.4 Å². The number of para-hydroxylation sites is 1. The molecule has 0 saturated carbocycles. The van der Waals surface area contributed by atoms with E-state index < -0.39 is 6.10 Å². The summed E-state index contributed by atoms with van der Waals surface area (Å²) in [5, 5.41) is 16.2. The Morgan fingerprint density at radius 1 is 1.12 bits per heavy atom. The number of carbonyl (C=O) groups excluding carboxylic acids is 1. The summed E-state index contributed by atoms with van der Waals surface area (Å²) in [6.45, 7) is 1.62. The second-order valence-corrected chi connectivity index (χ2v) is 7.13. The normalized spacial score (nSPS) is 24.3. The Morgan fingerprint density at radius 2 is 1.88 bits per heavy atom. The van der Waals surface area contributed by atoms with E-state index in [9.17, 15) is 9.90 Å². The maximum Gasteiger partial charge on any atom is 0.315 e. The fourth-order valence-corrected chi connectivity index (χ4v) is 4.16. The fourth-order valence-electron chi connectivity index (χ4n) is 4.16. The van der Waals surface area contributed by atoms with E-state index in [0.29, 0.717) is 19.0 Å². The Bertz CT molecular complexity index is 765. The van der Waals surface area contributed by atoms with Crippen molar-refractivity contribution in [2.24, 2.45) is 0 Å². The maximum atomic E-state index is 12.4. The molecular formula is C21H25N3O2. The van der Waals surface area contributed by atoms with Gasteiger partial charge in [0, 0.05) is 31.2 Å². The molecule has 136 valence electrons. The van der Waals surface area contributed by atoms with Crippen molar-refractivity contribution in [3.05, 3.63) is 65.7 Å². The van der Waals surface area contributed by atoms with Crippen molar-refractivity contribution in [1.82, 2.24) is 10.6 Å². The highest BCUT2D eigenvalue weighted by molar-refractivity contribution is 5.75. The molecule has 1 fully saturated rings. The van der Waals surface area contributed by atoms with Crippen molar-refractivity contribution in [3.63, 3.8) is 0 Å². The molecular weight excluding hydrogens is 326 g/mol. The molecule has 2 amide bonds. The zero-order valence-corrected chi connectivity index (χ0v) is 14.8. The Hall–Kier alpha value is -2.53. The summed E-state index contributed by atoms with van der Waals surface area (Å²) in [4.78, 5) is 14.8. The molecule has 0 radical (unpaired) electrons. The lowest BCUT2D eigenvalue weighted by atomic mass is 10.1. The summed E-state index contributed by atoms with van der Waals surface area (Å²) in [6, 6.07) is 18.0. The lowest BCUT2D eigenvalue weighted by Gasteiger charge is -2.27. The van der Waals surface area contributed by atoms with Crippen LogP contribution in [0.1, 0.15) is 30.0 Å². The van der Waals surface area contributed by atoms with Crippen LogP contribution in [0.3, 0.4) is 0 Å². The van der Waals surface area contributed by atoms with Crippen LogP contribution in [0, 0.1) is 0 Å². The first-order valence-corrected chi connectivity index (χ1v) is 9.34. The number of nitrogens with one attached hydrogen (secondary N) is 2. The maximum absolute atomic E-state index is 12.4. The van der Waals surface area contributed by atoms with Crippen molar-refractivity contribution in [2.45, 2.75) is 37.5 Å². The molecule has 3 N–H and O–H groups in total. The van der Waals surface area contributed by atoms with Gasteiger partial charge in [0.1, 0.15) is 0 Å². The first-order chi connectivity index (χ1) is 12.7. The number of urea groups is 1. The van der Waals surface area contributed by atoms with Gasteiger partial charge < -0.3 is 20.6 Å². The summed E-state index contributed by atoms with van der Waals surface area (Å²) >= 11 is 0. The summed E-state index contributed by atoms with van der Waals surface area (Å²) in [5.74, 6) is 0. The zero-order chi connectivity index (χ0) is 17.9. The number of amides is 2. The second kappa shape index (κ2) is 7.38. The Labute approximate surface area is 154 Å². The smallest absolute Gasteiger partial charge is 0.315 e. The molecule has 2 aliphatic rings. The Balaban J connectivity index is 1.34. The molecule has 5 nitrogen and oxygen atoms in total. The molecule has 0 aromatic heterocycles. The van der Waals surface area contributed by atoms with E-state index in [4.69, 9.17) is 0 Å². The van der Waals surface area contributed by atoms with E-state index >= 15 is 0 Å². The van der Waals surface area contributed by atoms with Crippen LogP contribution in [0.2, 0.25) is 0 Å². The molecule has 1 unspecified atom stereocenters. The van der Waals surface area contributed by atoms with E-state index in [-0.39, 0.29) is 12.1 Å². The van der Waals surface area contributed by atoms with Gasteiger partial charge in [0.2, 0.25) is 0 Å². The van der Waals surface area contributed by atoms with Gasteiger partial charge in [0.15, 0.2) is 0 Å². The number of hydrogen-bond acceptors (Lipinski definition) is 3. The van der Waals surface area contributed by atoms with E-state index in [1.165, 1.54) is 5.69 Å². The number of aliphatic hydroxyl groups excluding tert-OH is 1. The van der Waals surface area contributed by atoms with Gasteiger partial charge in [-0.1, -0.05) is 42.5 Å². The minimum absolute atomic E-state index is 0.217. The molecule has 0 bridgehead atoms. The monoisotopic (exact) mass is 351 g/mol. The van der Waals surface area contributed by atoms with Crippen LogP contribution in [0.5, 0.6) is 0 Å². The molecule has 5 heteroatoms. The first-order valence-electron chi connectivity index (χ1n) is 9.34. The number of benzene rings is 2. The van der Waals surface area contributed by atoms with E-state index in [2.05, 4.69) is 27.7 Å². The highest BCUT2D eigenvalue weighted by Gasteiger charge is 2.32. The van der Waals surface area contributed by atoms with Crippen molar-refractivity contribution >= 4 is 11.7 Å². The first kappa shape index (κ1) is 16.9. The van der Waals surface area contributed by atoms with Crippen LogP contribution in [0.4, 0.5) is 10.5 Å². The van der Waals surface area contributed by atoms with Gasteiger partial charge in [-0.15, -0.1) is 0 Å². The van der Waals surface area contributed by atoms with Gasteiger partial charge >= 0.3 is 6.03 Å². The molecule has 2 aromatic rings. The predicted molar refractivity (Wildman–Crippen MR) is 102 cm³/mol. The van der Waals surface area contributed by atoms with Crippen LogP contribution < -0.4 is 15.5 Å². The minimum atomic E-state index is -0.564. The number of carbonyl (C=O) groups is 1. The Kier molecular flexibility index (Phi) is 4.80. The number of aliphatic hydroxyl groups is 1. The third-order valence-corrected chi connectivity index (χ3v) is 5.45. The summed E-state index contributed by atoms with van der Waals surface area (Å²) in [7, 11) is 0. The largest absolute Gasteiger partial charge is 0.390 e. The zero-order valence-electron chi connectivity index (χ0n) is 14.8. The molecule has 1 saturated heterocycles. The van der Waals surface area contributed by atoms with E-state index in [0.717, 1.165) is 30.5 Å². The van der Waals surface area contributed by atoms with Gasteiger partial charge in [0.05, 0.1) is 12.1 Å². The molecule has 1 heterocycles. The molecule has 26 heavy (non-hydrogen) atoms. The van der Waals surface area contributed by atoms with Gasteiger partial charge in [-0.2, -0.15) is 0 Å². The van der Waals surface area contributed by atoms with Gasteiger partial charge in [0.25, 0.3) is 0 Å². The number of hydrogen-bond donors (Lipinski definition) is 3. The molecule has 2 aromatic carbocycles. The Morgan fingerprint density at radius 3 is 2.73 bits per heavy atom. The third-order valence-electron chi connectivity index (χ3n) is 5.45. The number of fused-ring (bicyclic) bond motifs is 1. The highest BCUT2D eigenvalue weighted by atomic mass is 16.3. The summed E-state index contributed by atoms with van der Waals surface area (Å²) in [5.41, 5.74) is 3.33. The van der Waals surface area contributed by atoms with Gasteiger partial charge in [-0.05, 0) is 36.1 Å². The predicted octanol–water partition coefficient (Wildman–Crippen LogP) is 2.61. The average Bonchev–Trinajstić information content (AvgIpc) is 3.25. The topological polar surface area (TPSA) is 64.6 Å². The number of rotatable bonds is 4. The molecule has 1 aliphatic heterocycles. The SMILES string of the molecule is O=C(NCC1CCCN1c1ccccc1)N[C@H]1c2ccccc2C[C@@H]1O. The van der Waals surface area contributed by atoms with Crippen molar-refractivity contribution in [2.75, 3.05) is 18.0 Å². The quantitative estimate of drug-likeness (QED) is 0.793. The fraction of sp³-hybridized carbons (Fsp3) is 0.381. The van der Waals surface area contributed by atoms with Crippen LogP contribution >= 0.6 is 0 Å². The second-order valence-electron chi connectivity index (χ2n) is 7.13. The van der Waals surface area contributed by atoms with Crippen LogP contribution in [0.15, 0.2) is 54.6 Å². The van der Waals surface area contributed by atoms with Crippen molar-refractivity contribution in [1.29, 1.82) is 0 Å². The van der Waals surface area contributed by atoms with E-state index in [1.54, 1.807) is 0 Å². The lowest BCUT2D eigenvalue weighted by Crippen LogP contribution is -2.46. The van der Waals surface area contributed by atoms with Crippen LogP contribution in [0.25, 0.3) is 0 Å².